The maximum absolute atomic E-state index is 5.55. The largest absolute Gasteiger partial charge is 0.385 e. The van der Waals surface area contributed by atoms with Crippen molar-refractivity contribution in [3.05, 3.63) is 29.8 Å². The molecule has 0 heterocycles. The van der Waals surface area contributed by atoms with Crippen LogP contribution < -0.4 is 11.1 Å². The summed E-state index contributed by atoms with van der Waals surface area (Å²) in [5, 5.41) is 3.43. The Morgan fingerprint density at radius 2 is 1.69 bits per heavy atom. The lowest BCUT2D eigenvalue weighted by molar-refractivity contribution is 0.645. The van der Waals surface area contributed by atoms with E-state index in [1.165, 1.54) is 43.4 Å². The van der Waals surface area contributed by atoms with Crippen molar-refractivity contribution >= 4 is 5.69 Å². The van der Waals surface area contributed by atoms with Gasteiger partial charge in [-0.1, -0.05) is 44.7 Å². The van der Waals surface area contributed by atoms with Gasteiger partial charge in [0.05, 0.1) is 0 Å². The molecule has 0 aliphatic carbocycles. The highest BCUT2D eigenvalue weighted by atomic mass is 14.9. The van der Waals surface area contributed by atoms with Crippen LogP contribution in [0, 0.1) is 0 Å². The average molecular weight is 220 g/mol. The molecule has 0 unspecified atom stereocenters. The summed E-state index contributed by atoms with van der Waals surface area (Å²) in [6, 6.07) is 8.38. The third-order valence-electron chi connectivity index (χ3n) is 2.80. The van der Waals surface area contributed by atoms with Crippen molar-refractivity contribution in [1.82, 2.24) is 0 Å². The number of anilines is 1. The molecule has 3 N–H and O–H groups in total. The Morgan fingerprint density at radius 3 is 2.31 bits per heavy atom. The van der Waals surface area contributed by atoms with Gasteiger partial charge in [-0.3, -0.25) is 0 Å². The zero-order valence-corrected chi connectivity index (χ0v) is 10.3. The van der Waals surface area contributed by atoms with Crippen molar-refractivity contribution in [2.24, 2.45) is 5.73 Å². The van der Waals surface area contributed by atoms with Crippen LogP contribution >= 0.6 is 0 Å². The molecule has 1 aromatic carbocycles. The first-order chi connectivity index (χ1) is 7.86. The Balaban J connectivity index is 2.12. The Hall–Kier alpha value is -1.02. The van der Waals surface area contributed by atoms with E-state index in [1.54, 1.807) is 0 Å². The lowest BCUT2D eigenvalue weighted by Crippen LogP contribution is -2.02. The summed E-state index contributed by atoms with van der Waals surface area (Å²) >= 11 is 0. The minimum absolute atomic E-state index is 0.622. The molecular formula is C14H24N2. The summed E-state index contributed by atoms with van der Waals surface area (Å²) in [5.74, 6) is 0. The molecule has 0 amide bonds. The molecule has 0 radical (unpaired) electrons. The van der Waals surface area contributed by atoms with Gasteiger partial charge in [-0.05, 0) is 24.1 Å². The van der Waals surface area contributed by atoms with E-state index in [0.717, 1.165) is 6.54 Å². The summed E-state index contributed by atoms with van der Waals surface area (Å²) in [7, 11) is 0. The number of nitrogens with one attached hydrogen (secondary N) is 1. The second-order valence-electron chi connectivity index (χ2n) is 4.24. The van der Waals surface area contributed by atoms with Gasteiger partial charge in [0, 0.05) is 18.8 Å². The molecule has 0 aliphatic heterocycles. The van der Waals surface area contributed by atoms with Crippen LogP contribution in [0.25, 0.3) is 0 Å². The van der Waals surface area contributed by atoms with Gasteiger partial charge in [-0.15, -0.1) is 0 Å². The molecule has 0 aliphatic rings. The number of hydrogen-bond acceptors (Lipinski definition) is 2. The van der Waals surface area contributed by atoms with E-state index in [4.69, 9.17) is 5.73 Å². The van der Waals surface area contributed by atoms with E-state index in [1.807, 2.05) is 0 Å². The summed E-state index contributed by atoms with van der Waals surface area (Å²) in [4.78, 5) is 0. The maximum atomic E-state index is 5.55. The van der Waals surface area contributed by atoms with Gasteiger partial charge in [-0.25, -0.2) is 0 Å². The van der Waals surface area contributed by atoms with Gasteiger partial charge in [0.15, 0.2) is 0 Å². The van der Waals surface area contributed by atoms with Gasteiger partial charge >= 0.3 is 0 Å². The fourth-order valence-corrected chi connectivity index (χ4v) is 1.72. The van der Waals surface area contributed by atoms with Crippen LogP contribution in [0.1, 0.15) is 44.6 Å². The van der Waals surface area contributed by atoms with E-state index in [-0.39, 0.29) is 0 Å². The molecule has 0 saturated carbocycles. The maximum Gasteiger partial charge on any atom is 0.0340 e. The van der Waals surface area contributed by atoms with Crippen molar-refractivity contribution in [3.8, 4) is 0 Å². The molecule has 0 spiro atoms. The Bertz CT molecular complexity index is 267. The fourth-order valence-electron chi connectivity index (χ4n) is 1.72. The van der Waals surface area contributed by atoms with Gasteiger partial charge in [0.25, 0.3) is 0 Å². The number of unbranched alkanes of at least 4 members (excludes halogenated alkanes) is 4. The lowest BCUT2D eigenvalue weighted by Gasteiger charge is -2.06. The number of nitrogens with two attached hydrogens (primary N) is 1. The van der Waals surface area contributed by atoms with E-state index < -0.39 is 0 Å². The Kier molecular flexibility index (Phi) is 6.66. The molecule has 1 rings (SSSR count). The van der Waals surface area contributed by atoms with Crippen LogP contribution in [0.4, 0.5) is 5.69 Å². The predicted octanol–water partition coefficient (Wildman–Crippen LogP) is 3.53. The van der Waals surface area contributed by atoms with E-state index in [0.29, 0.717) is 6.54 Å². The molecule has 0 atom stereocenters. The molecule has 90 valence electrons. The fraction of sp³-hybridized carbons (Fsp3) is 0.571. The molecule has 16 heavy (non-hydrogen) atoms. The number of rotatable bonds is 8. The lowest BCUT2D eigenvalue weighted by atomic mass is 10.1. The highest BCUT2D eigenvalue weighted by Crippen LogP contribution is 2.09. The molecule has 0 aromatic heterocycles. The molecule has 2 nitrogen and oxygen atoms in total. The summed E-state index contributed by atoms with van der Waals surface area (Å²) in [6.45, 7) is 3.94. The molecular weight excluding hydrogens is 196 g/mol. The monoisotopic (exact) mass is 220 g/mol. The number of hydrogen-bond donors (Lipinski definition) is 2. The van der Waals surface area contributed by atoms with Crippen molar-refractivity contribution in [2.75, 3.05) is 11.9 Å². The molecule has 2 heteroatoms. The zero-order chi connectivity index (χ0) is 11.6. The average Bonchev–Trinajstić information content (AvgIpc) is 2.34. The predicted molar refractivity (Wildman–Crippen MR) is 71.6 cm³/mol. The summed E-state index contributed by atoms with van der Waals surface area (Å²) < 4.78 is 0. The smallest absolute Gasteiger partial charge is 0.0340 e. The van der Waals surface area contributed by atoms with E-state index in [9.17, 15) is 0 Å². The topological polar surface area (TPSA) is 38.0 Å². The van der Waals surface area contributed by atoms with E-state index >= 15 is 0 Å². The first-order valence-corrected chi connectivity index (χ1v) is 6.39. The number of benzene rings is 1. The standard InChI is InChI=1S/C14H24N2/c1-2-3-4-5-6-11-16-14-9-7-13(12-15)8-10-14/h7-10,16H,2-6,11-12,15H2,1H3. The first kappa shape index (κ1) is 13.0. The van der Waals surface area contributed by atoms with Crippen LogP contribution in [0.3, 0.4) is 0 Å². The highest BCUT2D eigenvalue weighted by molar-refractivity contribution is 5.44. The van der Waals surface area contributed by atoms with Crippen LogP contribution in [0.15, 0.2) is 24.3 Å². The minimum Gasteiger partial charge on any atom is -0.385 e. The summed E-state index contributed by atoms with van der Waals surface area (Å²) in [5.41, 5.74) is 7.94. The van der Waals surface area contributed by atoms with Crippen molar-refractivity contribution < 1.29 is 0 Å². The summed E-state index contributed by atoms with van der Waals surface area (Å²) in [6.07, 6.45) is 6.64. The second-order valence-corrected chi connectivity index (χ2v) is 4.24. The highest BCUT2D eigenvalue weighted by Gasteiger charge is 1.93. The third-order valence-corrected chi connectivity index (χ3v) is 2.80. The molecule has 0 fully saturated rings. The molecule has 0 saturated heterocycles. The van der Waals surface area contributed by atoms with Gasteiger partial charge < -0.3 is 11.1 Å². The normalized spacial score (nSPS) is 10.4. The van der Waals surface area contributed by atoms with E-state index in [2.05, 4.69) is 36.5 Å². The van der Waals surface area contributed by atoms with Gasteiger partial charge in [0.1, 0.15) is 0 Å². The first-order valence-electron chi connectivity index (χ1n) is 6.39. The molecule has 0 bridgehead atoms. The van der Waals surface area contributed by atoms with Gasteiger partial charge in [0.2, 0.25) is 0 Å². The van der Waals surface area contributed by atoms with Crippen molar-refractivity contribution in [1.29, 1.82) is 0 Å². The van der Waals surface area contributed by atoms with Crippen LogP contribution in [0.2, 0.25) is 0 Å². The van der Waals surface area contributed by atoms with Crippen molar-refractivity contribution in [3.63, 3.8) is 0 Å². The van der Waals surface area contributed by atoms with Crippen LogP contribution in [-0.4, -0.2) is 6.54 Å². The third kappa shape index (κ3) is 5.17. The van der Waals surface area contributed by atoms with Gasteiger partial charge in [-0.2, -0.15) is 0 Å². The Morgan fingerprint density at radius 1 is 1.00 bits per heavy atom. The zero-order valence-electron chi connectivity index (χ0n) is 10.3. The van der Waals surface area contributed by atoms with Crippen molar-refractivity contribution in [2.45, 2.75) is 45.6 Å². The Labute approximate surface area is 99.2 Å². The molecule has 1 aromatic rings. The minimum atomic E-state index is 0.622. The quantitative estimate of drug-likeness (QED) is 0.658. The second kappa shape index (κ2) is 8.17. The SMILES string of the molecule is CCCCCCCNc1ccc(CN)cc1. The van der Waals surface area contributed by atoms with Crippen LogP contribution in [0.5, 0.6) is 0 Å². The van der Waals surface area contributed by atoms with Crippen LogP contribution in [-0.2, 0) is 6.54 Å².